The highest BCUT2D eigenvalue weighted by Gasteiger charge is 2.12. The molecule has 2 aromatic carbocycles. The lowest BCUT2D eigenvalue weighted by Crippen LogP contribution is -1.95. The van der Waals surface area contributed by atoms with Gasteiger partial charge in [-0.25, -0.2) is 19.9 Å². The number of aromatic amines is 1. The molecule has 0 saturated heterocycles. The van der Waals surface area contributed by atoms with Gasteiger partial charge in [-0.15, -0.1) is 0 Å². The number of fused-ring (bicyclic) bond motifs is 1. The fraction of sp³-hybridized carbons (Fsp3) is 0.0417. The number of benzene rings is 2. The number of H-pyrrole nitrogens is 1. The number of ether oxygens (including phenoxy) is 2. The van der Waals surface area contributed by atoms with E-state index in [4.69, 9.17) is 9.47 Å². The van der Waals surface area contributed by atoms with Crippen molar-refractivity contribution in [2.24, 2.45) is 0 Å². The number of hydrogen-bond acceptors (Lipinski definition) is 6. The minimum atomic E-state index is 0.397. The van der Waals surface area contributed by atoms with Crippen molar-refractivity contribution in [2.75, 3.05) is 7.11 Å². The topological polar surface area (TPSA) is 85.8 Å². The van der Waals surface area contributed by atoms with Gasteiger partial charge in [0.2, 0.25) is 11.8 Å². The summed E-state index contributed by atoms with van der Waals surface area (Å²) in [6.45, 7) is 0. The van der Waals surface area contributed by atoms with E-state index in [2.05, 4.69) is 31.3 Å². The first-order chi connectivity index (χ1) is 15.3. The monoisotopic (exact) mass is 407 g/mol. The first-order valence-corrected chi connectivity index (χ1v) is 9.59. The summed E-state index contributed by atoms with van der Waals surface area (Å²) in [6.07, 6.45) is 8.13. The molecule has 0 bridgehead atoms. The summed E-state index contributed by atoms with van der Waals surface area (Å²) in [6, 6.07) is 19.0. The molecular formula is C24H17N5O2. The molecule has 7 nitrogen and oxygen atoms in total. The average Bonchev–Trinajstić information content (AvgIpc) is 3.23. The Morgan fingerprint density at radius 3 is 2.55 bits per heavy atom. The van der Waals surface area contributed by atoms with Crippen LogP contribution in [0.2, 0.25) is 0 Å². The minimum absolute atomic E-state index is 0.397. The van der Waals surface area contributed by atoms with Gasteiger partial charge >= 0.3 is 0 Å². The lowest BCUT2D eigenvalue weighted by Gasteiger charge is -2.10. The first-order valence-electron chi connectivity index (χ1n) is 9.59. The van der Waals surface area contributed by atoms with Gasteiger partial charge in [-0.1, -0.05) is 24.3 Å². The molecule has 3 aromatic heterocycles. The third kappa shape index (κ3) is 4.06. The van der Waals surface area contributed by atoms with E-state index in [1.165, 1.54) is 0 Å². The van der Waals surface area contributed by atoms with Crippen LogP contribution in [0, 0.1) is 6.42 Å². The van der Waals surface area contributed by atoms with Gasteiger partial charge in [0.15, 0.2) is 0 Å². The molecule has 5 rings (SSSR count). The van der Waals surface area contributed by atoms with Crippen LogP contribution < -0.4 is 9.47 Å². The Kier molecular flexibility index (Phi) is 4.98. The quantitative estimate of drug-likeness (QED) is 0.439. The van der Waals surface area contributed by atoms with Crippen LogP contribution >= 0.6 is 0 Å². The number of nitrogens with one attached hydrogen (secondary N) is 1. The molecule has 1 N–H and O–H groups in total. The molecule has 0 saturated carbocycles. The van der Waals surface area contributed by atoms with E-state index < -0.39 is 0 Å². The maximum atomic E-state index is 6.00. The molecule has 0 atom stereocenters. The van der Waals surface area contributed by atoms with Crippen molar-refractivity contribution >= 4 is 11.0 Å². The molecule has 3 heterocycles. The Morgan fingerprint density at radius 1 is 0.871 bits per heavy atom. The lowest BCUT2D eigenvalue weighted by atomic mass is 10.1. The van der Waals surface area contributed by atoms with Crippen LogP contribution in [0.25, 0.3) is 22.3 Å². The summed E-state index contributed by atoms with van der Waals surface area (Å²) >= 11 is 0. The minimum Gasteiger partial charge on any atom is -0.481 e. The summed E-state index contributed by atoms with van der Waals surface area (Å²) in [5.74, 6) is 2.21. The van der Waals surface area contributed by atoms with Gasteiger partial charge in [-0.05, 0) is 35.9 Å². The van der Waals surface area contributed by atoms with Crippen molar-refractivity contribution in [1.29, 1.82) is 0 Å². The SMILES string of the molecule is COc1cc(-c2nccnc2Oc2ccc([C]c3nc4ccccc4[nH]3)cc2)ccn1. The third-order valence-corrected chi connectivity index (χ3v) is 4.60. The first kappa shape index (κ1) is 18.7. The second-order valence-corrected chi connectivity index (χ2v) is 6.65. The maximum Gasteiger partial charge on any atom is 0.246 e. The van der Waals surface area contributed by atoms with Crippen molar-refractivity contribution in [1.82, 2.24) is 24.9 Å². The van der Waals surface area contributed by atoms with Gasteiger partial charge < -0.3 is 14.5 Å². The third-order valence-electron chi connectivity index (χ3n) is 4.60. The summed E-state index contributed by atoms with van der Waals surface area (Å²) in [5, 5.41) is 0. The number of imidazole rings is 1. The maximum absolute atomic E-state index is 6.00. The van der Waals surface area contributed by atoms with Crippen LogP contribution in [0.15, 0.2) is 79.3 Å². The van der Waals surface area contributed by atoms with Crippen LogP contribution in [0.5, 0.6) is 17.5 Å². The zero-order valence-electron chi connectivity index (χ0n) is 16.6. The zero-order valence-corrected chi connectivity index (χ0v) is 16.6. The number of nitrogens with zero attached hydrogens (tertiary/aromatic N) is 4. The molecule has 0 fully saturated rings. The molecule has 0 unspecified atom stereocenters. The van der Waals surface area contributed by atoms with Crippen LogP contribution in [-0.2, 0) is 0 Å². The molecule has 0 aliphatic heterocycles. The fourth-order valence-corrected chi connectivity index (χ4v) is 3.13. The Bertz CT molecular complexity index is 1300. The van der Waals surface area contributed by atoms with E-state index in [0.29, 0.717) is 29.0 Å². The smallest absolute Gasteiger partial charge is 0.246 e. The van der Waals surface area contributed by atoms with Gasteiger partial charge in [0.1, 0.15) is 17.3 Å². The highest BCUT2D eigenvalue weighted by Crippen LogP contribution is 2.30. The van der Waals surface area contributed by atoms with Gasteiger partial charge in [0, 0.05) is 30.2 Å². The molecule has 0 amide bonds. The van der Waals surface area contributed by atoms with Gasteiger partial charge in [-0.2, -0.15) is 0 Å². The van der Waals surface area contributed by atoms with Crippen molar-refractivity contribution in [3.05, 3.63) is 97.1 Å². The highest BCUT2D eigenvalue weighted by atomic mass is 16.5. The van der Waals surface area contributed by atoms with Crippen molar-refractivity contribution in [3.8, 4) is 28.8 Å². The van der Waals surface area contributed by atoms with Crippen molar-refractivity contribution < 1.29 is 9.47 Å². The second kappa shape index (κ2) is 8.23. The Labute approximate surface area is 178 Å². The Balaban J connectivity index is 1.35. The number of para-hydroxylation sites is 2. The molecule has 2 radical (unpaired) electrons. The fourth-order valence-electron chi connectivity index (χ4n) is 3.13. The number of pyridine rings is 1. The molecule has 0 spiro atoms. The largest absolute Gasteiger partial charge is 0.481 e. The Morgan fingerprint density at radius 2 is 1.71 bits per heavy atom. The van der Waals surface area contributed by atoms with E-state index >= 15 is 0 Å². The molecule has 0 aliphatic rings. The van der Waals surface area contributed by atoms with Crippen LogP contribution in [-0.4, -0.2) is 32.0 Å². The zero-order chi connectivity index (χ0) is 21.0. The van der Waals surface area contributed by atoms with Crippen molar-refractivity contribution in [3.63, 3.8) is 0 Å². The van der Waals surface area contributed by atoms with Gasteiger partial charge in [-0.3, -0.25) is 0 Å². The number of methoxy groups -OCH3 is 1. The normalized spacial score (nSPS) is 10.9. The molecule has 5 aromatic rings. The number of hydrogen-bond donors (Lipinski definition) is 1. The lowest BCUT2D eigenvalue weighted by molar-refractivity contribution is 0.398. The molecule has 150 valence electrons. The van der Waals surface area contributed by atoms with E-state index in [-0.39, 0.29) is 0 Å². The van der Waals surface area contributed by atoms with E-state index in [9.17, 15) is 0 Å². The predicted octanol–water partition coefficient (Wildman–Crippen LogP) is 4.69. The number of aromatic nitrogens is 5. The standard InChI is InChI=1S/C24H17N5O2/c1-30-22-15-17(10-11-25-22)23-24(27-13-12-26-23)31-18-8-6-16(7-9-18)14-21-28-19-4-2-3-5-20(19)29-21/h2-13,15H,1H3,(H,28,29). The second-order valence-electron chi connectivity index (χ2n) is 6.65. The summed E-state index contributed by atoms with van der Waals surface area (Å²) in [5.41, 5.74) is 4.18. The molecule has 0 aliphatic carbocycles. The highest BCUT2D eigenvalue weighted by molar-refractivity contribution is 5.75. The van der Waals surface area contributed by atoms with Gasteiger partial charge in [0.05, 0.1) is 24.6 Å². The Hall–Kier alpha value is -4.26. The number of rotatable bonds is 6. The van der Waals surface area contributed by atoms with Crippen LogP contribution in [0.1, 0.15) is 11.4 Å². The van der Waals surface area contributed by atoms with Crippen LogP contribution in [0.4, 0.5) is 0 Å². The average molecular weight is 407 g/mol. The molecule has 7 heteroatoms. The summed E-state index contributed by atoms with van der Waals surface area (Å²) in [7, 11) is 1.57. The van der Waals surface area contributed by atoms with Crippen LogP contribution in [0.3, 0.4) is 0 Å². The summed E-state index contributed by atoms with van der Waals surface area (Å²) in [4.78, 5) is 20.7. The molecular weight excluding hydrogens is 390 g/mol. The van der Waals surface area contributed by atoms with Gasteiger partial charge in [0.25, 0.3) is 0 Å². The summed E-state index contributed by atoms with van der Waals surface area (Å²) < 4.78 is 11.2. The molecule has 31 heavy (non-hydrogen) atoms. The van der Waals surface area contributed by atoms with Crippen molar-refractivity contribution in [2.45, 2.75) is 0 Å². The predicted molar refractivity (Wildman–Crippen MR) is 116 cm³/mol. The van der Waals surface area contributed by atoms with E-state index in [0.717, 1.165) is 22.2 Å². The van der Waals surface area contributed by atoms with E-state index in [1.807, 2.05) is 54.6 Å². The van der Waals surface area contributed by atoms with E-state index in [1.54, 1.807) is 31.8 Å².